The number of aliphatic carboxylic acids is 1. The molecule has 0 saturated carbocycles. The molecule has 34 heavy (non-hydrogen) atoms. The van der Waals surface area contributed by atoms with Crippen molar-refractivity contribution in [3.8, 4) is 0 Å². The molecule has 0 aliphatic rings. The zero-order chi connectivity index (χ0) is 25.3. The molecule has 5 N–H and O–H groups in total. The van der Waals surface area contributed by atoms with Crippen LogP contribution in [0.1, 0.15) is 26.7 Å². The smallest absolute Gasteiger partial charge is 0.408 e. The molecular formula is C21H30ClN4O7P. The Bertz CT molecular complexity index is 1040. The molecule has 2 atom stereocenters. The number of alkyl carbamates (subject to hydrolysis) is 1. The normalized spacial score (nSPS) is 13.5. The molecule has 0 fully saturated rings. The first-order valence-corrected chi connectivity index (χ1v) is 12.8. The van der Waals surface area contributed by atoms with Gasteiger partial charge in [0.1, 0.15) is 6.61 Å². The first kappa shape index (κ1) is 27.8. The molecule has 2 rings (SSSR count). The Labute approximate surface area is 202 Å². The van der Waals surface area contributed by atoms with Crippen LogP contribution in [0.5, 0.6) is 0 Å². The van der Waals surface area contributed by atoms with Gasteiger partial charge in [-0.05, 0) is 57.1 Å². The number of nitrogens with one attached hydrogen (secondary N) is 2. The van der Waals surface area contributed by atoms with Gasteiger partial charge in [0.05, 0.1) is 5.52 Å². The minimum absolute atomic E-state index is 0.0491. The van der Waals surface area contributed by atoms with E-state index in [1.807, 2.05) is 31.2 Å². The van der Waals surface area contributed by atoms with Crippen LogP contribution in [-0.2, 0) is 14.1 Å². The van der Waals surface area contributed by atoms with E-state index < -0.39 is 25.4 Å². The number of rotatable bonds is 13. The van der Waals surface area contributed by atoms with Gasteiger partial charge in [-0.3, -0.25) is 14.9 Å². The van der Waals surface area contributed by atoms with E-state index in [4.69, 9.17) is 31.2 Å². The van der Waals surface area contributed by atoms with Crippen LogP contribution < -0.4 is 10.6 Å². The van der Waals surface area contributed by atoms with Gasteiger partial charge in [-0.1, -0.05) is 18.5 Å². The second kappa shape index (κ2) is 12.9. The number of ether oxygens (including phenoxy) is 1. The molecule has 0 spiro atoms. The van der Waals surface area contributed by atoms with Crippen molar-refractivity contribution in [2.24, 2.45) is 0 Å². The number of aromatic nitrogens is 1. The first-order chi connectivity index (χ1) is 16.0. The number of hydrogen-bond acceptors (Lipinski definition) is 7. The molecule has 188 valence electrons. The highest BCUT2D eigenvalue weighted by atomic mass is 35.5. The Kier molecular flexibility index (Phi) is 10.5. The molecule has 0 saturated heterocycles. The molecule has 1 heterocycles. The van der Waals surface area contributed by atoms with Gasteiger partial charge in [-0.15, -0.1) is 0 Å². The van der Waals surface area contributed by atoms with Gasteiger partial charge >= 0.3 is 19.7 Å². The molecule has 0 bridgehead atoms. The zero-order valence-electron chi connectivity index (χ0n) is 19.0. The van der Waals surface area contributed by atoms with E-state index in [2.05, 4.69) is 22.1 Å². The number of carbonyl (C=O) groups excluding carboxylic acids is 1. The van der Waals surface area contributed by atoms with E-state index in [-0.39, 0.29) is 12.6 Å². The van der Waals surface area contributed by atoms with Crippen molar-refractivity contribution >= 4 is 47.8 Å². The molecule has 0 radical (unpaired) electrons. The predicted molar refractivity (Wildman–Crippen MR) is 129 cm³/mol. The van der Waals surface area contributed by atoms with Crippen molar-refractivity contribution in [3.05, 3.63) is 35.5 Å². The molecule has 1 aromatic heterocycles. The maximum atomic E-state index is 11.7. The minimum atomic E-state index is -5.05. The summed E-state index contributed by atoms with van der Waals surface area (Å²) in [6.07, 6.45) is 2.30. The third-order valence-corrected chi connectivity index (χ3v) is 6.39. The SMILES string of the molecule is CCN(CCCC(C)Nc1ccnc2cc(Cl)ccc12)CCOC(=O)NC(C(=O)O)P(=O)(O)O. The number of benzene rings is 1. The van der Waals surface area contributed by atoms with Crippen LogP contribution in [0.3, 0.4) is 0 Å². The summed E-state index contributed by atoms with van der Waals surface area (Å²) in [6, 6.07) is 7.71. The zero-order valence-corrected chi connectivity index (χ0v) is 20.6. The van der Waals surface area contributed by atoms with Crippen LogP contribution >= 0.6 is 19.2 Å². The van der Waals surface area contributed by atoms with E-state index in [9.17, 15) is 14.2 Å². The number of nitrogens with zero attached hydrogens (tertiary/aromatic N) is 2. The summed E-state index contributed by atoms with van der Waals surface area (Å²) < 4.78 is 16.0. The average molecular weight is 517 g/mol. The van der Waals surface area contributed by atoms with Crippen LogP contribution in [0.4, 0.5) is 10.5 Å². The van der Waals surface area contributed by atoms with Crippen molar-refractivity contribution in [3.63, 3.8) is 0 Å². The maximum absolute atomic E-state index is 11.7. The lowest BCUT2D eigenvalue weighted by molar-refractivity contribution is -0.137. The van der Waals surface area contributed by atoms with Crippen LogP contribution in [0.2, 0.25) is 5.02 Å². The quantitative estimate of drug-likeness (QED) is 0.250. The first-order valence-electron chi connectivity index (χ1n) is 10.8. The van der Waals surface area contributed by atoms with Gasteiger partial charge < -0.3 is 29.8 Å². The van der Waals surface area contributed by atoms with Crippen molar-refractivity contribution in [1.29, 1.82) is 0 Å². The van der Waals surface area contributed by atoms with Crippen LogP contribution in [0.15, 0.2) is 30.5 Å². The molecule has 0 aliphatic heterocycles. The van der Waals surface area contributed by atoms with Gasteiger partial charge in [-0.25, -0.2) is 9.59 Å². The summed E-state index contributed by atoms with van der Waals surface area (Å²) in [5, 5.41) is 15.6. The van der Waals surface area contributed by atoms with E-state index in [0.717, 1.165) is 36.0 Å². The Morgan fingerprint density at radius 2 is 2.00 bits per heavy atom. The Hall–Kier alpha value is -2.43. The van der Waals surface area contributed by atoms with Crippen LogP contribution in [0, 0.1) is 0 Å². The topological polar surface area (TPSA) is 161 Å². The lowest BCUT2D eigenvalue weighted by Crippen LogP contribution is -2.41. The number of carboxylic acid groups (broad SMARTS) is 1. The molecule has 11 nitrogen and oxygen atoms in total. The number of hydrogen-bond donors (Lipinski definition) is 5. The number of halogens is 1. The highest BCUT2D eigenvalue weighted by Gasteiger charge is 2.37. The van der Waals surface area contributed by atoms with E-state index >= 15 is 0 Å². The summed E-state index contributed by atoms with van der Waals surface area (Å²) in [7, 11) is -5.05. The summed E-state index contributed by atoms with van der Waals surface area (Å²) in [5.74, 6) is -4.18. The summed E-state index contributed by atoms with van der Waals surface area (Å²) >= 11 is 6.04. The van der Waals surface area contributed by atoms with Crippen molar-refractivity contribution in [2.45, 2.75) is 38.5 Å². The fourth-order valence-corrected chi connectivity index (χ4v) is 4.07. The highest BCUT2D eigenvalue weighted by Crippen LogP contribution is 2.39. The fraction of sp³-hybridized carbons (Fsp3) is 0.476. The minimum Gasteiger partial charge on any atom is -0.479 e. The molecular weight excluding hydrogens is 487 g/mol. The van der Waals surface area contributed by atoms with E-state index in [1.165, 1.54) is 0 Å². The molecule has 13 heteroatoms. The van der Waals surface area contributed by atoms with Gasteiger partial charge in [0.2, 0.25) is 5.78 Å². The fourth-order valence-electron chi connectivity index (χ4n) is 3.34. The summed E-state index contributed by atoms with van der Waals surface area (Å²) in [5.41, 5.74) is 1.80. The molecule has 2 aromatic rings. The molecule has 1 aromatic carbocycles. The second-order valence-corrected chi connectivity index (χ2v) is 9.88. The van der Waals surface area contributed by atoms with Crippen LogP contribution in [0.25, 0.3) is 10.9 Å². The monoisotopic (exact) mass is 516 g/mol. The molecule has 2 unspecified atom stereocenters. The number of carboxylic acids is 1. The van der Waals surface area contributed by atoms with Crippen molar-refractivity contribution in [1.82, 2.24) is 15.2 Å². The Balaban J connectivity index is 1.75. The number of carbonyl (C=O) groups is 2. The number of amides is 1. The van der Waals surface area contributed by atoms with Crippen molar-refractivity contribution < 1.29 is 33.8 Å². The van der Waals surface area contributed by atoms with Gasteiger partial charge in [0.15, 0.2) is 0 Å². The van der Waals surface area contributed by atoms with E-state index in [0.29, 0.717) is 18.1 Å². The van der Waals surface area contributed by atoms with E-state index in [1.54, 1.807) is 11.5 Å². The largest absolute Gasteiger partial charge is 0.479 e. The average Bonchev–Trinajstić information content (AvgIpc) is 2.75. The lowest BCUT2D eigenvalue weighted by Gasteiger charge is -2.22. The maximum Gasteiger partial charge on any atom is 0.408 e. The predicted octanol–water partition coefficient (Wildman–Crippen LogP) is 3.11. The Morgan fingerprint density at radius 1 is 1.26 bits per heavy atom. The highest BCUT2D eigenvalue weighted by molar-refractivity contribution is 7.53. The van der Waals surface area contributed by atoms with Crippen molar-refractivity contribution in [2.75, 3.05) is 31.6 Å². The Morgan fingerprint density at radius 3 is 2.65 bits per heavy atom. The summed E-state index contributed by atoms with van der Waals surface area (Å²) in [4.78, 5) is 46.9. The number of anilines is 1. The van der Waals surface area contributed by atoms with Crippen LogP contribution in [-0.4, -0.2) is 74.9 Å². The number of likely N-dealkylation sites (N-methyl/N-ethyl adjacent to an activating group) is 1. The lowest BCUT2D eigenvalue weighted by atomic mass is 10.1. The third-order valence-electron chi connectivity index (χ3n) is 5.13. The number of fused-ring (bicyclic) bond motifs is 1. The van der Waals surface area contributed by atoms with Gasteiger partial charge in [0, 0.05) is 34.9 Å². The molecule has 0 aliphatic carbocycles. The summed E-state index contributed by atoms with van der Waals surface area (Å²) in [6.45, 7) is 5.86. The van der Waals surface area contributed by atoms with Gasteiger partial charge in [0.25, 0.3) is 0 Å². The number of pyridine rings is 1. The second-order valence-electron chi connectivity index (χ2n) is 7.75. The van der Waals surface area contributed by atoms with Gasteiger partial charge in [-0.2, -0.15) is 0 Å². The third kappa shape index (κ3) is 8.73. The standard InChI is InChI=1S/C21H30ClN4O7P/c1-3-26(11-12-33-21(29)25-19(20(27)28)34(30,31)32)10-4-5-14(2)24-17-8-9-23-18-13-15(22)6-7-16(17)18/h6-9,13-14,19H,3-5,10-12H2,1-2H3,(H,23,24)(H,25,29)(H,27,28)(H2,30,31,32). The molecule has 1 amide bonds.